The molecule has 2 amide bonds. The highest BCUT2D eigenvalue weighted by Crippen LogP contribution is 2.33. The van der Waals surface area contributed by atoms with E-state index in [1.54, 1.807) is 0 Å². The molecule has 1 heterocycles. The molecular weight excluding hydrogens is 338 g/mol. The summed E-state index contributed by atoms with van der Waals surface area (Å²) in [6, 6.07) is 8.29. The molecule has 1 aromatic carbocycles. The highest BCUT2D eigenvalue weighted by atomic mass is 35.5. The van der Waals surface area contributed by atoms with Crippen molar-refractivity contribution in [2.24, 2.45) is 5.92 Å². The van der Waals surface area contributed by atoms with E-state index in [0.717, 1.165) is 24.1 Å². The van der Waals surface area contributed by atoms with Gasteiger partial charge in [0.2, 0.25) is 11.8 Å². The molecule has 5 nitrogen and oxygen atoms in total. The van der Waals surface area contributed by atoms with Crippen molar-refractivity contribution in [1.82, 2.24) is 10.6 Å². The second kappa shape index (κ2) is 9.20. The van der Waals surface area contributed by atoms with Crippen LogP contribution in [0.1, 0.15) is 44.6 Å². The Morgan fingerprint density at radius 1 is 1.16 bits per heavy atom. The molecule has 0 spiro atoms. The second-order valence-corrected chi connectivity index (χ2v) is 7.03. The molecule has 1 aromatic rings. The summed E-state index contributed by atoms with van der Waals surface area (Å²) in [7, 11) is 0. The molecule has 0 radical (unpaired) electrons. The summed E-state index contributed by atoms with van der Waals surface area (Å²) in [6.45, 7) is 2.14. The lowest BCUT2D eigenvalue weighted by Gasteiger charge is -2.24. The lowest BCUT2D eigenvalue weighted by atomic mass is 9.85. The van der Waals surface area contributed by atoms with E-state index in [4.69, 9.17) is 0 Å². The maximum atomic E-state index is 12.3. The number of amides is 2. The number of rotatable bonds is 5. The number of benzene rings is 1. The summed E-state index contributed by atoms with van der Waals surface area (Å²) in [4.78, 5) is 23.3. The highest BCUT2D eigenvalue weighted by Gasteiger charge is 2.37. The van der Waals surface area contributed by atoms with Gasteiger partial charge in [-0.15, -0.1) is 12.4 Å². The molecule has 1 saturated carbocycles. The molecule has 1 aliphatic heterocycles. The Balaban J connectivity index is 0.00000225. The van der Waals surface area contributed by atoms with Crippen molar-refractivity contribution in [3.8, 4) is 0 Å². The molecule has 3 atom stereocenters. The van der Waals surface area contributed by atoms with Crippen LogP contribution in [-0.2, 0) is 16.0 Å². The molecule has 138 valence electrons. The first-order chi connectivity index (χ1) is 11.6. The van der Waals surface area contributed by atoms with Gasteiger partial charge in [0.15, 0.2) is 0 Å². The van der Waals surface area contributed by atoms with E-state index < -0.39 is 0 Å². The van der Waals surface area contributed by atoms with Gasteiger partial charge in [0.25, 0.3) is 0 Å². The summed E-state index contributed by atoms with van der Waals surface area (Å²) in [5.41, 5.74) is 1.95. The first-order valence-corrected chi connectivity index (χ1v) is 9.02. The largest absolute Gasteiger partial charge is 0.354 e. The van der Waals surface area contributed by atoms with Crippen molar-refractivity contribution in [2.45, 2.75) is 57.5 Å². The van der Waals surface area contributed by atoms with Crippen LogP contribution in [0.5, 0.6) is 0 Å². The third-order valence-electron chi connectivity index (χ3n) is 5.17. The van der Waals surface area contributed by atoms with Crippen molar-refractivity contribution in [3.63, 3.8) is 0 Å². The van der Waals surface area contributed by atoms with Gasteiger partial charge >= 0.3 is 0 Å². The Kier molecular flexibility index (Phi) is 7.26. The number of fused-ring (bicyclic) bond motifs is 1. The van der Waals surface area contributed by atoms with Gasteiger partial charge in [-0.2, -0.15) is 0 Å². The van der Waals surface area contributed by atoms with E-state index in [0.29, 0.717) is 18.5 Å². The normalized spacial score (nSPS) is 24.8. The van der Waals surface area contributed by atoms with Crippen LogP contribution >= 0.6 is 12.4 Å². The maximum Gasteiger partial charge on any atom is 0.237 e. The number of anilines is 1. The first-order valence-electron chi connectivity index (χ1n) is 9.02. The maximum absolute atomic E-state index is 12.3. The van der Waals surface area contributed by atoms with Crippen molar-refractivity contribution < 1.29 is 9.59 Å². The standard InChI is InChI=1S/C19H27N3O2.ClH/c1-13(23)21-16-8-6-14(7-9-16)10-11-20-19(24)18-12-15-4-2-3-5-17(15)22-18;/h6-9,15,17-18,22H,2-5,10-12H2,1H3,(H,20,24)(H,21,23);1H. The van der Waals surface area contributed by atoms with Gasteiger partial charge < -0.3 is 16.0 Å². The van der Waals surface area contributed by atoms with E-state index >= 15 is 0 Å². The number of carbonyl (C=O) groups excluding carboxylic acids is 2. The van der Waals surface area contributed by atoms with Crippen LogP contribution in [-0.4, -0.2) is 30.4 Å². The minimum Gasteiger partial charge on any atom is -0.354 e. The average Bonchev–Trinajstić information content (AvgIpc) is 3.00. The van der Waals surface area contributed by atoms with Crippen LogP contribution in [0.25, 0.3) is 0 Å². The van der Waals surface area contributed by atoms with Gasteiger partial charge in [-0.3, -0.25) is 9.59 Å². The second-order valence-electron chi connectivity index (χ2n) is 7.03. The lowest BCUT2D eigenvalue weighted by molar-refractivity contribution is -0.122. The zero-order valence-electron chi connectivity index (χ0n) is 14.7. The Morgan fingerprint density at radius 2 is 1.88 bits per heavy atom. The minimum absolute atomic E-state index is 0. The van der Waals surface area contributed by atoms with E-state index in [2.05, 4.69) is 16.0 Å². The Morgan fingerprint density at radius 3 is 2.56 bits per heavy atom. The Labute approximate surface area is 155 Å². The van der Waals surface area contributed by atoms with Crippen molar-refractivity contribution in [2.75, 3.05) is 11.9 Å². The number of hydrogen-bond donors (Lipinski definition) is 3. The quantitative estimate of drug-likeness (QED) is 0.751. The fraction of sp³-hybridized carbons (Fsp3) is 0.579. The third kappa shape index (κ3) is 5.44. The van der Waals surface area contributed by atoms with Crippen molar-refractivity contribution >= 4 is 29.9 Å². The highest BCUT2D eigenvalue weighted by molar-refractivity contribution is 5.88. The van der Waals surface area contributed by atoms with E-state index in [1.165, 1.54) is 32.6 Å². The third-order valence-corrected chi connectivity index (χ3v) is 5.17. The molecule has 2 aliphatic rings. The van der Waals surface area contributed by atoms with Gasteiger partial charge in [0.05, 0.1) is 6.04 Å². The number of carbonyl (C=O) groups is 2. The molecule has 0 aromatic heterocycles. The zero-order valence-corrected chi connectivity index (χ0v) is 15.5. The SMILES string of the molecule is CC(=O)Nc1ccc(CCNC(=O)C2CC3CCCCC3N2)cc1.Cl. The minimum atomic E-state index is -0.0698. The predicted octanol–water partition coefficient (Wildman–Crippen LogP) is 2.65. The molecular formula is C19H28ClN3O2. The topological polar surface area (TPSA) is 70.2 Å². The number of halogens is 1. The molecule has 6 heteroatoms. The summed E-state index contributed by atoms with van der Waals surface area (Å²) in [6.07, 6.45) is 6.87. The summed E-state index contributed by atoms with van der Waals surface area (Å²) in [5, 5.41) is 9.32. The molecule has 1 aliphatic carbocycles. The van der Waals surface area contributed by atoms with Gasteiger partial charge in [0.1, 0.15) is 0 Å². The van der Waals surface area contributed by atoms with E-state index in [9.17, 15) is 9.59 Å². The summed E-state index contributed by atoms with van der Waals surface area (Å²) < 4.78 is 0. The molecule has 25 heavy (non-hydrogen) atoms. The van der Waals surface area contributed by atoms with Crippen LogP contribution < -0.4 is 16.0 Å². The molecule has 3 unspecified atom stereocenters. The number of nitrogens with one attached hydrogen (secondary N) is 3. The first kappa shape index (κ1) is 19.7. The summed E-state index contributed by atoms with van der Waals surface area (Å²) in [5.74, 6) is 0.759. The number of hydrogen-bond acceptors (Lipinski definition) is 3. The predicted molar refractivity (Wildman–Crippen MR) is 102 cm³/mol. The Bertz CT molecular complexity index is 577. The molecule has 2 fully saturated rings. The van der Waals surface area contributed by atoms with Crippen LogP contribution in [0.2, 0.25) is 0 Å². The van der Waals surface area contributed by atoms with E-state index in [-0.39, 0.29) is 30.3 Å². The van der Waals surface area contributed by atoms with E-state index in [1.807, 2.05) is 24.3 Å². The van der Waals surface area contributed by atoms with Gasteiger partial charge in [-0.1, -0.05) is 25.0 Å². The van der Waals surface area contributed by atoms with Crippen LogP contribution in [0.15, 0.2) is 24.3 Å². The van der Waals surface area contributed by atoms with Crippen LogP contribution in [0.3, 0.4) is 0 Å². The van der Waals surface area contributed by atoms with Crippen molar-refractivity contribution in [3.05, 3.63) is 29.8 Å². The zero-order chi connectivity index (χ0) is 16.9. The fourth-order valence-electron chi connectivity index (χ4n) is 3.93. The molecule has 3 N–H and O–H groups in total. The van der Waals surface area contributed by atoms with Gasteiger partial charge in [-0.05, 0) is 49.3 Å². The molecule has 3 rings (SSSR count). The van der Waals surface area contributed by atoms with Crippen LogP contribution in [0.4, 0.5) is 5.69 Å². The molecule has 1 saturated heterocycles. The lowest BCUT2D eigenvalue weighted by Crippen LogP contribution is -2.43. The van der Waals surface area contributed by atoms with Gasteiger partial charge in [0, 0.05) is 25.2 Å². The Hall–Kier alpha value is -1.59. The summed E-state index contributed by atoms with van der Waals surface area (Å²) >= 11 is 0. The van der Waals surface area contributed by atoms with Crippen molar-refractivity contribution in [1.29, 1.82) is 0 Å². The van der Waals surface area contributed by atoms with Crippen LogP contribution in [0, 0.1) is 5.92 Å². The average molecular weight is 366 g/mol. The monoisotopic (exact) mass is 365 g/mol. The van der Waals surface area contributed by atoms with Gasteiger partial charge in [-0.25, -0.2) is 0 Å². The fourth-order valence-corrected chi connectivity index (χ4v) is 3.93. The molecule has 0 bridgehead atoms. The smallest absolute Gasteiger partial charge is 0.237 e.